The van der Waals surface area contributed by atoms with E-state index in [9.17, 15) is 15.4 Å². The predicted octanol–water partition coefficient (Wildman–Crippen LogP) is 3.32. The van der Waals surface area contributed by atoms with E-state index >= 15 is 0 Å². The molecule has 112 valence electrons. The Morgan fingerprint density at radius 2 is 2.27 bits per heavy atom. The molecule has 0 unspecified atom stereocenters. The zero-order valence-corrected chi connectivity index (χ0v) is 12.8. The number of rotatable bonds is 5. The van der Waals surface area contributed by atoms with E-state index < -0.39 is 4.92 Å². The van der Waals surface area contributed by atoms with Crippen LogP contribution in [0.15, 0.2) is 24.3 Å². The Bertz CT molecular complexity index is 796. The molecule has 3 rings (SSSR count). The third-order valence-electron chi connectivity index (χ3n) is 3.96. The SMILES string of the molecule is CSC1(CNc2cc(C#N)c3cc([N+](=O)[O-])ccc3n2)CC1. The zero-order valence-electron chi connectivity index (χ0n) is 12.0. The first-order valence-corrected chi connectivity index (χ1v) is 8.08. The van der Waals surface area contributed by atoms with E-state index in [1.807, 2.05) is 11.8 Å². The van der Waals surface area contributed by atoms with Gasteiger partial charge in [0.2, 0.25) is 0 Å². The number of nitro groups is 1. The Labute approximate surface area is 131 Å². The third kappa shape index (κ3) is 2.70. The molecule has 1 fully saturated rings. The topological polar surface area (TPSA) is 91.8 Å². The summed E-state index contributed by atoms with van der Waals surface area (Å²) in [4.78, 5) is 14.8. The summed E-state index contributed by atoms with van der Waals surface area (Å²) in [6, 6.07) is 8.14. The van der Waals surface area contributed by atoms with Crippen LogP contribution in [-0.4, -0.2) is 27.5 Å². The van der Waals surface area contributed by atoms with Gasteiger partial charge in [-0.2, -0.15) is 17.0 Å². The number of fused-ring (bicyclic) bond motifs is 1. The summed E-state index contributed by atoms with van der Waals surface area (Å²) in [6.45, 7) is 0.810. The molecule has 6 nitrogen and oxygen atoms in total. The molecule has 0 saturated heterocycles. The van der Waals surface area contributed by atoms with Gasteiger partial charge >= 0.3 is 0 Å². The molecule has 1 aromatic carbocycles. The van der Waals surface area contributed by atoms with Gasteiger partial charge in [-0.05, 0) is 31.2 Å². The molecule has 22 heavy (non-hydrogen) atoms. The van der Waals surface area contributed by atoms with Crippen LogP contribution in [0.5, 0.6) is 0 Å². The van der Waals surface area contributed by atoms with E-state index in [0.29, 0.717) is 27.0 Å². The zero-order chi connectivity index (χ0) is 15.7. The van der Waals surface area contributed by atoms with Crippen molar-refractivity contribution in [3.63, 3.8) is 0 Å². The first kappa shape index (κ1) is 14.6. The summed E-state index contributed by atoms with van der Waals surface area (Å²) < 4.78 is 0.291. The van der Waals surface area contributed by atoms with Gasteiger partial charge in [0, 0.05) is 28.8 Å². The highest BCUT2D eigenvalue weighted by molar-refractivity contribution is 8.00. The number of nitrogens with one attached hydrogen (secondary N) is 1. The van der Waals surface area contributed by atoms with Crippen molar-refractivity contribution in [3.8, 4) is 6.07 Å². The molecule has 0 bridgehead atoms. The first-order valence-electron chi connectivity index (χ1n) is 6.85. The van der Waals surface area contributed by atoms with Crippen LogP contribution in [0.25, 0.3) is 10.9 Å². The third-order valence-corrected chi connectivity index (χ3v) is 5.37. The Morgan fingerprint density at radius 3 is 2.86 bits per heavy atom. The maximum Gasteiger partial charge on any atom is 0.270 e. The lowest BCUT2D eigenvalue weighted by Crippen LogP contribution is -2.18. The predicted molar refractivity (Wildman–Crippen MR) is 87.1 cm³/mol. The van der Waals surface area contributed by atoms with Gasteiger partial charge in [0.05, 0.1) is 22.1 Å². The average molecular weight is 314 g/mol. The minimum absolute atomic E-state index is 0.0363. The van der Waals surface area contributed by atoms with Gasteiger partial charge < -0.3 is 5.32 Å². The van der Waals surface area contributed by atoms with Crippen LogP contribution >= 0.6 is 11.8 Å². The van der Waals surface area contributed by atoms with Crippen molar-refractivity contribution < 1.29 is 4.92 Å². The van der Waals surface area contributed by atoms with Crippen LogP contribution in [0.4, 0.5) is 11.5 Å². The maximum atomic E-state index is 10.9. The summed E-state index contributed by atoms with van der Waals surface area (Å²) in [5.74, 6) is 0.637. The van der Waals surface area contributed by atoms with Crippen molar-refractivity contribution in [2.75, 3.05) is 18.1 Å². The standard InChI is InChI=1S/C15H14N4O2S/c1-22-15(4-5-15)9-17-14-6-10(8-16)12-7-11(19(20)21)2-3-13(12)18-14/h2-3,6-7H,4-5,9H2,1H3,(H,17,18). The quantitative estimate of drug-likeness (QED) is 0.672. The lowest BCUT2D eigenvalue weighted by molar-refractivity contribution is -0.384. The Kier molecular flexibility index (Phi) is 3.62. The number of hydrogen-bond donors (Lipinski definition) is 1. The maximum absolute atomic E-state index is 10.9. The summed E-state index contributed by atoms with van der Waals surface area (Å²) in [5.41, 5.74) is 0.942. The van der Waals surface area contributed by atoms with Crippen LogP contribution in [0, 0.1) is 21.4 Å². The van der Waals surface area contributed by atoms with Gasteiger partial charge in [0.1, 0.15) is 5.82 Å². The molecular formula is C15H14N4O2S. The molecule has 1 heterocycles. The molecule has 0 aliphatic heterocycles. The van der Waals surface area contributed by atoms with E-state index in [2.05, 4.69) is 22.6 Å². The number of pyridine rings is 1. The summed E-state index contributed by atoms with van der Waals surface area (Å²) in [6.07, 6.45) is 4.47. The minimum atomic E-state index is -0.470. The van der Waals surface area contributed by atoms with Gasteiger partial charge in [-0.15, -0.1) is 0 Å². The Hall–Kier alpha value is -2.33. The lowest BCUT2D eigenvalue weighted by Gasteiger charge is -2.14. The number of aromatic nitrogens is 1. The van der Waals surface area contributed by atoms with Crippen LogP contribution in [-0.2, 0) is 0 Å². The molecule has 1 aliphatic rings. The Balaban J connectivity index is 1.95. The fourth-order valence-corrected chi connectivity index (χ4v) is 3.08. The number of nitro benzene ring substituents is 1. The molecule has 0 radical (unpaired) electrons. The average Bonchev–Trinajstić information content (AvgIpc) is 3.32. The van der Waals surface area contributed by atoms with E-state index in [0.717, 1.165) is 6.54 Å². The summed E-state index contributed by atoms with van der Waals surface area (Å²) in [7, 11) is 0. The highest BCUT2D eigenvalue weighted by Gasteiger charge is 2.41. The number of thioether (sulfide) groups is 1. The molecule has 1 saturated carbocycles. The van der Waals surface area contributed by atoms with E-state index in [1.165, 1.54) is 25.0 Å². The van der Waals surface area contributed by atoms with E-state index in [-0.39, 0.29) is 5.69 Å². The number of hydrogen-bond acceptors (Lipinski definition) is 6. The lowest BCUT2D eigenvalue weighted by atomic mass is 10.1. The second-order valence-electron chi connectivity index (χ2n) is 5.37. The number of anilines is 1. The van der Waals surface area contributed by atoms with Crippen molar-refractivity contribution in [2.45, 2.75) is 17.6 Å². The molecule has 1 aliphatic carbocycles. The van der Waals surface area contributed by atoms with E-state index in [1.54, 1.807) is 12.1 Å². The van der Waals surface area contributed by atoms with Crippen molar-refractivity contribution in [3.05, 3.63) is 39.9 Å². The fraction of sp³-hybridized carbons (Fsp3) is 0.333. The highest BCUT2D eigenvalue weighted by atomic mass is 32.2. The summed E-state index contributed by atoms with van der Waals surface area (Å²) >= 11 is 1.85. The van der Waals surface area contributed by atoms with Crippen molar-refractivity contribution in [1.82, 2.24) is 4.98 Å². The number of non-ortho nitro benzene ring substituents is 1. The van der Waals surface area contributed by atoms with Crippen LogP contribution in [0.2, 0.25) is 0 Å². The number of nitrogens with zero attached hydrogens (tertiary/aromatic N) is 3. The fourth-order valence-electron chi connectivity index (χ4n) is 2.35. The van der Waals surface area contributed by atoms with Gasteiger partial charge in [-0.25, -0.2) is 4.98 Å². The molecule has 1 N–H and O–H groups in total. The number of benzene rings is 1. The minimum Gasteiger partial charge on any atom is -0.369 e. The molecule has 0 amide bonds. The van der Waals surface area contributed by atoms with Crippen molar-refractivity contribution in [2.24, 2.45) is 0 Å². The van der Waals surface area contributed by atoms with Crippen molar-refractivity contribution in [1.29, 1.82) is 5.26 Å². The van der Waals surface area contributed by atoms with Crippen molar-refractivity contribution >= 4 is 34.2 Å². The van der Waals surface area contributed by atoms with Crippen LogP contribution in [0.1, 0.15) is 18.4 Å². The van der Waals surface area contributed by atoms with E-state index in [4.69, 9.17) is 0 Å². The molecule has 0 atom stereocenters. The second-order valence-corrected chi connectivity index (χ2v) is 6.64. The molecule has 7 heteroatoms. The molecule has 2 aromatic rings. The smallest absolute Gasteiger partial charge is 0.270 e. The molecule has 1 aromatic heterocycles. The first-order chi connectivity index (χ1) is 10.6. The van der Waals surface area contributed by atoms with Gasteiger partial charge in [-0.1, -0.05) is 0 Å². The molecular weight excluding hydrogens is 300 g/mol. The van der Waals surface area contributed by atoms with Crippen LogP contribution in [0.3, 0.4) is 0 Å². The van der Waals surface area contributed by atoms with Gasteiger partial charge in [0.15, 0.2) is 0 Å². The summed E-state index contributed by atoms with van der Waals surface area (Å²) in [5, 5.41) is 23.9. The molecule has 0 spiro atoms. The normalized spacial score (nSPS) is 15.3. The Morgan fingerprint density at radius 1 is 1.50 bits per heavy atom. The number of nitriles is 1. The monoisotopic (exact) mass is 314 g/mol. The van der Waals surface area contributed by atoms with Gasteiger partial charge in [-0.3, -0.25) is 10.1 Å². The van der Waals surface area contributed by atoms with Gasteiger partial charge in [0.25, 0.3) is 5.69 Å². The highest BCUT2D eigenvalue weighted by Crippen LogP contribution is 2.47. The largest absolute Gasteiger partial charge is 0.369 e. The second kappa shape index (κ2) is 5.46. The van der Waals surface area contributed by atoms with Crippen LogP contribution < -0.4 is 5.32 Å².